The number of carbonyl (C=O) groups is 2. The first kappa shape index (κ1) is 21.0. The molecular formula is C24H28ClNO4. The molecule has 5 nitrogen and oxygen atoms in total. The molecule has 0 bridgehead atoms. The molecule has 0 amide bonds. The molecule has 1 aliphatic heterocycles. The van der Waals surface area contributed by atoms with E-state index in [-0.39, 0.29) is 38.9 Å². The Kier molecular flexibility index (Phi) is 4.81. The van der Waals surface area contributed by atoms with Crippen LogP contribution in [0, 0.1) is 16.7 Å². The Balaban J connectivity index is 1.97. The van der Waals surface area contributed by atoms with Crippen LogP contribution in [0.15, 0.2) is 35.2 Å². The first-order chi connectivity index (χ1) is 13.9. The van der Waals surface area contributed by atoms with Gasteiger partial charge in [-0.25, -0.2) is 0 Å². The predicted molar refractivity (Wildman–Crippen MR) is 116 cm³/mol. The van der Waals surface area contributed by atoms with Gasteiger partial charge in [0.1, 0.15) is 5.78 Å². The summed E-state index contributed by atoms with van der Waals surface area (Å²) < 4.78 is 5.30. The van der Waals surface area contributed by atoms with Gasteiger partial charge in [0, 0.05) is 35.7 Å². The molecule has 1 aromatic rings. The maximum Gasteiger partial charge on any atom is 0.176 e. The quantitative estimate of drug-likeness (QED) is 0.700. The number of ketones is 2. The average molecular weight is 430 g/mol. The van der Waals surface area contributed by atoms with Gasteiger partial charge in [0.25, 0.3) is 0 Å². The van der Waals surface area contributed by atoms with Crippen molar-refractivity contribution in [3.05, 3.63) is 45.8 Å². The minimum absolute atomic E-state index is 0.0543. The van der Waals surface area contributed by atoms with Gasteiger partial charge < -0.3 is 15.2 Å². The molecule has 2 unspecified atom stereocenters. The second kappa shape index (κ2) is 6.88. The van der Waals surface area contributed by atoms with Crippen LogP contribution in [0.25, 0.3) is 0 Å². The molecule has 2 aliphatic carbocycles. The highest BCUT2D eigenvalue weighted by Crippen LogP contribution is 2.52. The van der Waals surface area contributed by atoms with E-state index < -0.39 is 11.8 Å². The van der Waals surface area contributed by atoms with Gasteiger partial charge >= 0.3 is 0 Å². The van der Waals surface area contributed by atoms with Gasteiger partial charge in [0.2, 0.25) is 0 Å². The lowest BCUT2D eigenvalue weighted by Crippen LogP contribution is -2.46. The first-order valence-electron chi connectivity index (χ1n) is 10.3. The Labute approximate surface area is 182 Å². The number of phenolic OH excluding ortho intramolecular Hbond substituents is 1. The van der Waals surface area contributed by atoms with Gasteiger partial charge in [0.15, 0.2) is 17.3 Å². The number of carbonyl (C=O) groups excluding carboxylic acids is 2. The number of phenols is 1. The van der Waals surface area contributed by atoms with E-state index in [1.807, 2.05) is 13.8 Å². The molecule has 0 saturated carbocycles. The van der Waals surface area contributed by atoms with Crippen LogP contribution in [0.1, 0.15) is 58.4 Å². The van der Waals surface area contributed by atoms with Crippen molar-refractivity contribution in [2.45, 2.75) is 52.9 Å². The SMILES string of the molecule is COc1cc(C2C3=C(CC(C)(C)CC3=O)NC3=CC(C)(C)CC(=O)C32)cc(Cl)c1O. The van der Waals surface area contributed by atoms with Crippen molar-refractivity contribution in [2.24, 2.45) is 16.7 Å². The van der Waals surface area contributed by atoms with Crippen molar-refractivity contribution >= 4 is 23.2 Å². The Morgan fingerprint density at radius 3 is 2.47 bits per heavy atom. The highest BCUT2D eigenvalue weighted by Gasteiger charge is 2.49. The molecular weight excluding hydrogens is 402 g/mol. The fourth-order valence-electron chi connectivity index (χ4n) is 5.21. The zero-order valence-corrected chi connectivity index (χ0v) is 18.8. The van der Waals surface area contributed by atoms with Gasteiger partial charge in [-0.2, -0.15) is 0 Å². The smallest absolute Gasteiger partial charge is 0.176 e. The molecule has 0 spiro atoms. The summed E-state index contributed by atoms with van der Waals surface area (Å²) in [6, 6.07) is 3.34. The number of halogens is 1. The lowest BCUT2D eigenvalue weighted by atomic mass is 9.62. The molecule has 0 aromatic heterocycles. The summed E-state index contributed by atoms with van der Waals surface area (Å²) >= 11 is 6.28. The van der Waals surface area contributed by atoms with E-state index in [0.29, 0.717) is 24.0 Å². The van der Waals surface area contributed by atoms with Crippen LogP contribution in [0.3, 0.4) is 0 Å². The van der Waals surface area contributed by atoms with Crippen LogP contribution < -0.4 is 10.1 Å². The number of nitrogens with one attached hydrogen (secondary N) is 1. The molecule has 160 valence electrons. The summed E-state index contributed by atoms with van der Waals surface area (Å²) in [6.45, 7) is 8.26. The van der Waals surface area contributed by atoms with Gasteiger partial charge in [-0.05, 0) is 34.9 Å². The normalized spacial score (nSPS) is 27.1. The molecule has 30 heavy (non-hydrogen) atoms. The summed E-state index contributed by atoms with van der Waals surface area (Å²) in [5.41, 5.74) is 2.70. The second-order valence-corrected chi connectivity index (χ2v) is 10.6. The van der Waals surface area contributed by atoms with Gasteiger partial charge in [0.05, 0.1) is 18.1 Å². The third kappa shape index (κ3) is 3.43. The van der Waals surface area contributed by atoms with Gasteiger partial charge in [-0.1, -0.05) is 45.4 Å². The zero-order valence-electron chi connectivity index (χ0n) is 18.1. The third-order valence-corrected chi connectivity index (χ3v) is 6.64. The van der Waals surface area contributed by atoms with Crippen LogP contribution in [-0.2, 0) is 9.59 Å². The standard InChI is InChI=1S/C24H28ClNO4/c1-23(2)8-14-20(16(27)10-23)19(12-6-13(25)22(29)18(7-12)30-5)21-15(26-14)9-24(3,4)11-17(21)28/h6-8,19-20,26,29H,9-11H2,1-5H3. The molecule has 2 N–H and O–H groups in total. The number of fused-ring (bicyclic) bond motifs is 1. The van der Waals surface area contributed by atoms with E-state index in [1.165, 1.54) is 7.11 Å². The predicted octanol–water partition coefficient (Wildman–Crippen LogP) is 4.88. The van der Waals surface area contributed by atoms with Gasteiger partial charge in [-0.3, -0.25) is 9.59 Å². The summed E-state index contributed by atoms with van der Waals surface area (Å²) in [5, 5.41) is 13.8. The largest absolute Gasteiger partial charge is 0.503 e. The maximum absolute atomic E-state index is 13.3. The molecule has 1 heterocycles. The number of hydrogen-bond donors (Lipinski definition) is 2. The average Bonchev–Trinajstić information content (AvgIpc) is 2.60. The molecule has 4 rings (SSSR count). The van der Waals surface area contributed by atoms with E-state index in [4.69, 9.17) is 16.3 Å². The van der Waals surface area contributed by atoms with Crippen LogP contribution in [-0.4, -0.2) is 23.8 Å². The second-order valence-electron chi connectivity index (χ2n) is 10.2. The lowest BCUT2D eigenvalue weighted by molar-refractivity contribution is -0.125. The van der Waals surface area contributed by atoms with Crippen molar-refractivity contribution in [3.63, 3.8) is 0 Å². The molecule has 2 atom stereocenters. The topological polar surface area (TPSA) is 75.6 Å². The minimum atomic E-state index is -0.479. The molecule has 0 fully saturated rings. The molecule has 0 radical (unpaired) electrons. The van der Waals surface area contributed by atoms with E-state index in [9.17, 15) is 14.7 Å². The van der Waals surface area contributed by atoms with Crippen LogP contribution >= 0.6 is 11.6 Å². The fourth-order valence-corrected chi connectivity index (χ4v) is 5.43. The molecule has 6 heteroatoms. The van der Waals surface area contributed by atoms with Crippen LogP contribution in [0.5, 0.6) is 11.5 Å². The molecule has 0 saturated heterocycles. The van der Waals surface area contributed by atoms with E-state index in [2.05, 4.69) is 25.2 Å². The van der Waals surface area contributed by atoms with Crippen molar-refractivity contribution in [1.29, 1.82) is 0 Å². The summed E-state index contributed by atoms with van der Waals surface area (Å²) in [7, 11) is 1.45. The third-order valence-electron chi connectivity index (χ3n) is 6.35. The number of allylic oxidation sites excluding steroid dienone is 4. The van der Waals surface area contributed by atoms with Crippen molar-refractivity contribution in [2.75, 3.05) is 7.11 Å². The van der Waals surface area contributed by atoms with E-state index >= 15 is 0 Å². The zero-order chi connectivity index (χ0) is 22.0. The lowest BCUT2D eigenvalue weighted by Gasteiger charge is -2.45. The van der Waals surface area contributed by atoms with Crippen molar-refractivity contribution in [1.82, 2.24) is 5.32 Å². The number of rotatable bonds is 2. The van der Waals surface area contributed by atoms with Crippen molar-refractivity contribution < 1.29 is 19.4 Å². The Morgan fingerprint density at radius 2 is 1.80 bits per heavy atom. The van der Waals surface area contributed by atoms with E-state index in [1.54, 1.807) is 12.1 Å². The van der Waals surface area contributed by atoms with Crippen molar-refractivity contribution in [3.8, 4) is 11.5 Å². The number of Topliss-reactive ketones (excluding diaryl/α,β-unsaturated/α-hetero) is 2. The van der Waals surface area contributed by atoms with Gasteiger partial charge in [-0.15, -0.1) is 0 Å². The number of hydrogen-bond acceptors (Lipinski definition) is 5. The molecule has 3 aliphatic rings. The number of ether oxygens (including phenoxy) is 1. The monoisotopic (exact) mass is 429 g/mol. The number of benzene rings is 1. The number of aromatic hydroxyl groups is 1. The highest BCUT2D eigenvalue weighted by atomic mass is 35.5. The maximum atomic E-state index is 13.3. The minimum Gasteiger partial charge on any atom is -0.503 e. The Bertz CT molecular complexity index is 1020. The van der Waals surface area contributed by atoms with Crippen LogP contribution in [0.4, 0.5) is 0 Å². The summed E-state index contributed by atoms with van der Waals surface area (Å²) in [4.78, 5) is 26.6. The number of methoxy groups -OCH3 is 1. The van der Waals surface area contributed by atoms with E-state index in [0.717, 1.165) is 17.8 Å². The summed E-state index contributed by atoms with van der Waals surface area (Å²) in [6.07, 6.45) is 3.69. The highest BCUT2D eigenvalue weighted by molar-refractivity contribution is 6.32. The molecule has 1 aromatic carbocycles. The van der Waals surface area contributed by atoms with Crippen LogP contribution in [0.2, 0.25) is 5.02 Å². The first-order valence-corrected chi connectivity index (χ1v) is 10.7. The fraction of sp³-hybridized carbons (Fsp3) is 0.500. The Morgan fingerprint density at radius 1 is 1.10 bits per heavy atom. The summed E-state index contributed by atoms with van der Waals surface area (Å²) in [5.74, 6) is -0.690. The Hall–Kier alpha value is -2.27.